The van der Waals surface area contributed by atoms with Gasteiger partial charge in [-0.05, 0) is 38.8 Å². The first kappa shape index (κ1) is 12.7. The van der Waals surface area contributed by atoms with E-state index in [0.29, 0.717) is 0 Å². The van der Waals surface area contributed by atoms with E-state index in [-0.39, 0.29) is 0 Å². The molecule has 0 amide bonds. The Morgan fingerprint density at radius 1 is 1.15 bits per heavy atom. The van der Waals surface area contributed by atoms with E-state index in [0.717, 1.165) is 12.5 Å². The molecular formula is C12H25N. The van der Waals surface area contributed by atoms with Crippen molar-refractivity contribution in [1.29, 1.82) is 0 Å². The minimum absolute atomic E-state index is 0.720. The quantitative estimate of drug-likeness (QED) is 0.521. The molecule has 0 bridgehead atoms. The van der Waals surface area contributed by atoms with Gasteiger partial charge in [-0.1, -0.05) is 26.8 Å². The first-order valence-corrected chi connectivity index (χ1v) is 5.64. The second-order valence-electron chi connectivity index (χ2n) is 3.62. The summed E-state index contributed by atoms with van der Waals surface area (Å²) >= 11 is 0. The van der Waals surface area contributed by atoms with E-state index in [4.69, 9.17) is 0 Å². The fraction of sp³-hybridized carbons (Fsp3) is 0.833. The van der Waals surface area contributed by atoms with Gasteiger partial charge in [0.2, 0.25) is 0 Å². The third-order valence-electron chi connectivity index (χ3n) is 2.45. The lowest BCUT2D eigenvalue weighted by molar-refractivity contribution is 0.192. The van der Waals surface area contributed by atoms with Crippen LogP contribution in [0.2, 0.25) is 0 Å². The Balaban J connectivity index is 4.02. The van der Waals surface area contributed by atoms with E-state index in [1.807, 2.05) is 6.08 Å². The molecule has 1 heteroatoms. The molecule has 0 aliphatic rings. The SMILES string of the molecule is C=CCC(CC)N(CCC)CCC. The Hall–Kier alpha value is -0.300. The average molecular weight is 183 g/mol. The molecule has 0 radical (unpaired) electrons. The number of nitrogens with zero attached hydrogens (tertiary/aromatic N) is 1. The monoisotopic (exact) mass is 183 g/mol. The Bertz CT molecular complexity index is 114. The van der Waals surface area contributed by atoms with Gasteiger partial charge in [0.05, 0.1) is 0 Å². The molecule has 0 aliphatic carbocycles. The average Bonchev–Trinajstić information content (AvgIpc) is 2.14. The fourth-order valence-corrected chi connectivity index (χ4v) is 1.82. The summed E-state index contributed by atoms with van der Waals surface area (Å²) < 4.78 is 0. The van der Waals surface area contributed by atoms with Gasteiger partial charge in [0, 0.05) is 6.04 Å². The lowest BCUT2D eigenvalue weighted by Gasteiger charge is -2.29. The van der Waals surface area contributed by atoms with Crippen LogP contribution < -0.4 is 0 Å². The third kappa shape index (κ3) is 5.09. The van der Waals surface area contributed by atoms with Crippen LogP contribution >= 0.6 is 0 Å². The third-order valence-corrected chi connectivity index (χ3v) is 2.45. The fourth-order valence-electron chi connectivity index (χ4n) is 1.82. The smallest absolute Gasteiger partial charge is 0.0127 e. The minimum atomic E-state index is 0.720. The van der Waals surface area contributed by atoms with E-state index in [1.165, 1.54) is 32.4 Å². The van der Waals surface area contributed by atoms with Crippen LogP contribution in [0.3, 0.4) is 0 Å². The first-order chi connectivity index (χ1) is 6.29. The van der Waals surface area contributed by atoms with Crippen molar-refractivity contribution in [1.82, 2.24) is 4.90 Å². The predicted molar refractivity (Wildman–Crippen MR) is 61.0 cm³/mol. The largest absolute Gasteiger partial charge is 0.300 e. The van der Waals surface area contributed by atoms with Gasteiger partial charge in [0.15, 0.2) is 0 Å². The summed E-state index contributed by atoms with van der Waals surface area (Å²) in [4.78, 5) is 2.60. The van der Waals surface area contributed by atoms with Gasteiger partial charge in [0.25, 0.3) is 0 Å². The Morgan fingerprint density at radius 2 is 1.69 bits per heavy atom. The van der Waals surface area contributed by atoms with Crippen LogP contribution in [0.25, 0.3) is 0 Å². The molecule has 0 aromatic rings. The first-order valence-electron chi connectivity index (χ1n) is 5.64. The zero-order valence-corrected chi connectivity index (χ0v) is 9.55. The van der Waals surface area contributed by atoms with E-state index >= 15 is 0 Å². The zero-order chi connectivity index (χ0) is 10.1. The van der Waals surface area contributed by atoms with Crippen LogP contribution in [0.5, 0.6) is 0 Å². The highest BCUT2D eigenvalue weighted by Crippen LogP contribution is 2.10. The van der Waals surface area contributed by atoms with E-state index < -0.39 is 0 Å². The second kappa shape index (κ2) is 8.31. The van der Waals surface area contributed by atoms with Gasteiger partial charge >= 0.3 is 0 Å². The van der Waals surface area contributed by atoms with Gasteiger partial charge in [-0.15, -0.1) is 6.58 Å². The van der Waals surface area contributed by atoms with Gasteiger partial charge in [-0.2, -0.15) is 0 Å². The molecule has 0 rings (SSSR count). The molecule has 0 aliphatic heterocycles. The summed E-state index contributed by atoms with van der Waals surface area (Å²) in [5.41, 5.74) is 0. The highest BCUT2D eigenvalue weighted by atomic mass is 15.1. The Kier molecular flexibility index (Phi) is 8.11. The Labute approximate surface area is 83.8 Å². The maximum absolute atomic E-state index is 3.82. The molecule has 0 heterocycles. The van der Waals surface area contributed by atoms with E-state index in [9.17, 15) is 0 Å². The van der Waals surface area contributed by atoms with Crippen molar-refractivity contribution in [3.63, 3.8) is 0 Å². The van der Waals surface area contributed by atoms with Crippen molar-refractivity contribution in [2.45, 2.75) is 52.5 Å². The topological polar surface area (TPSA) is 3.24 Å². The lowest BCUT2D eigenvalue weighted by Crippen LogP contribution is -2.35. The van der Waals surface area contributed by atoms with Crippen LogP contribution in [0.1, 0.15) is 46.5 Å². The van der Waals surface area contributed by atoms with Crippen molar-refractivity contribution in [3.8, 4) is 0 Å². The molecule has 0 spiro atoms. The van der Waals surface area contributed by atoms with Gasteiger partial charge in [-0.25, -0.2) is 0 Å². The second-order valence-corrected chi connectivity index (χ2v) is 3.62. The molecule has 0 saturated carbocycles. The number of rotatable bonds is 8. The molecule has 1 atom stereocenters. The van der Waals surface area contributed by atoms with E-state index in [2.05, 4.69) is 32.3 Å². The lowest BCUT2D eigenvalue weighted by atomic mass is 10.1. The molecular weight excluding hydrogens is 158 g/mol. The molecule has 0 N–H and O–H groups in total. The van der Waals surface area contributed by atoms with E-state index in [1.54, 1.807) is 0 Å². The van der Waals surface area contributed by atoms with Gasteiger partial charge in [-0.3, -0.25) is 0 Å². The van der Waals surface area contributed by atoms with Crippen LogP contribution in [-0.2, 0) is 0 Å². The summed E-state index contributed by atoms with van der Waals surface area (Å²) in [5.74, 6) is 0. The summed E-state index contributed by atoms with van der Waals surface area (Å²) in [5, 5.41) is 0. The van der Waals surface area contributed by atoms with Crippen molar-refractivity contribution in [2.75, 3.05) is 13.1 Å². The highest BCUT2D eigenvalue weighted by molar-refractivity contribution is 4.79. The van der Waals surface area contributed by atoms with Crippen molar-refractivity contribution in [3.05, 3.63) is 12.7 Å². The number of hydrogen-bond donors (Lipinski definition) is 0. The minimum Gasteiger partial charge on any atom is -0.300 e. The summed E-state index contributed by atoms with van der Waals surface area (Å²) in [6, 6.07) is 0.720. The maximum atomic E-state index is 3.82. The number of hydrogen-bond acceptors (Lipinski definition) is 1. The van der Waals surface area contributed by atoms with Crippen LogP contribution in [-0.4, -0.2) is 24.0 Å². The van der Waals surface area contributed by atoms with Crippen molar-refractivity contribution < 1.29 is 0 Å². The normalized spacial score (nSPS) is 13.2. The highest BCUT2D eigenvalue weighted by Gasteiger charge is 2.12. The molecule has 1 unspecified atom stereocenters. The summed E-state index contributed by atoms with van der Waals surface area (Å²) in [6.45, 7) is 13.1. The van der Waals surface area contributed by atoms with Crippen molar-refractivity contribution >= 4 is 0 Å². The van der Waals surface area contributed by atoms with Crippen LogP contribution in [0.15, 0.2) is 12.7 Å². The van der Waals surface area contributed by atoms with Crippen molar-refractivity contribution in [2.24, 2.45) is 0 Å². The summed E-state index contributed by atoms with van der Waals surface area (Å²) in [7, 11) is 0. The predicted octanol–water partition coefficient (Wildman–Crippen LogP) is 3.46. The summed E-state index contributed by atoms with van der Waals surface area (Å²) in [6.07, 6.45) is 6.94. The molecule has 0 fully saturated rings. The zero-order valence-electron chi connectivity index (χ0n) is 9.55. The maximum Gasteiger partial charge on any atom is 0.0127 e. The molecule has 78 valence electrons. The molecule has 1 nitrogen and oxygen atoms in total. The van der Waals surface area contributed by atoms with Gasteiger partial charge in [0.1, 0.15) is 0 Å². The molecule has 0 saturated heterocycles. The van der Waals surface area contributed by atoms with Gasteiger partial charge < -0.3 is 4.90 Å². The van der Waals surface area contributed by atoms with Crippen LogP contribution in [0, 0.1) is 0 Å². The molecule has 0 aromatic heterocycles. The molecule has 0 aromatic carbocycles. The van der Waals surface area contributed by atoms with Crippen LogP contribution in [0.4, 0.5) is 0 Å². The molecule has 13 heavy (non-hydrogen) atoms. The standard InChI is InChI=1S/C12H25N/c1-5-9-12(8-4)13(10-6-2)11-7-3/h5,12H,1,6-11H2,2-4H3. The Morgan fingerprint density at radius 3 is 2.00 bits per heavy atom.